The molecule has 0 aliphatic carbocycles. The summed E-state index contributed by atoms with van der Waals surface area (Å²) in [5.41, 5.74) is 3.99. The predicted octanol–water partition coefficient (Wildman–Crippen LogP) is 6.78. The van der Waals surface area contributed by atoms with Crippen molar-refractivity contribution in [1.82, 2.24) is 0 Å². The summed E-state index contributed by atoms with van der Waals surface area (Å²) in [6.07, 6.45) is 0. The third kappa shape index (κ3) is 2.51. The Morgan fingerprint density at radius 3 is 2.22 bits per heavy atom. The average Bonchev–Trinajstić information content (AvgIpc) is 2.60. The molecular formula is C23H20. The number of benzene rings is 4. The van der Waals surface area contributed by atoms with Crippen molar-refractivity contribution < 1.29 is 0 Å². The zero-order valence-corrected chi connectivity index (χ0v) is 13.6. The lowest BCUT2D eigenvalue weighted by Gasteiger charge is -2.10. The molecule has 0 aromatic heterocycles. The Hall–Kier alpha value is -2.60. The standard InChI is InChI=1S/C23H20/c1-16(2)18-10-11-20-15-21(13-12-19(20)14-18)23-9-5-7-17-6-3-4-8-22(17)23/h3-16H,1-2H3. The van der Waals surface area contributed by atoms with Gasteiger partial charge in [0.2, 0.25) is 0 Å². The van der Waals surface area contributed by atoms with E-state index in [0.29, 0.717) is 5.92 Å². The molecule has 0 bridgehead atoms. The van der Waals surface area contributed by atoms with Crippen LogP contribution in [0.5, 0.6) is 0 Å². The van der Waals surface area contributed by atoms with Crippen LogP contribution in [0.3, 0.4) is 0 Å². The molecule has 0 unspecified atom stereocenters. The van der Waals surface area contributed by atoms with Gasteiger partial charge in [-0.1, -0.05) is 86.6 Å². The molecule has 0 aliphatic heterocycles. The maximum atomic E-state index is 2.31. The molecule has 23 heavy (non-hydrogen) atoms. The van der Waals surface area contributed by atoms with Gasteiger partial charge in [-0.05, 0) is 50.2 Å². The molecule has 0 N–H and O–H groups in total. The quantitative estimate of drug-likeness (QED) is 0.382. The lowest BCUT2D eigenvalue weighted by molar-refractivity contribution is 0.869. The summed E-state index contributed by atoms with van der Waals surface area (Å²) in [6.45, 7) is 4.48. The van der Waals surface area contributed by atoms with Crippen LogP contribution in [0.25, 0.3) is 32.7 Å². The van der Waals surface area contributed by atoms with Gasteiger partial charge in [-0.3, -0.25) is 0 Å². The minimum atomic E-state index is 0.567. The molecule has 0 saturated heterocycles. The van der Waals surface area contributed by atoms with Crippen molar-refractivity contribution in [2.45, 2.75) is 19.8 Å². The molecule has 4 aromatic carbocycles. The number of hydrogen-bond acceptors (Lipinski definition) is 0. The zero-order chi connectivity index (χ0) is 15.8. The van der Waals surface area contributed by atoms with Gasteiger partial charge >= 0.3 is 0 Å². The predicted molar refractivity (Wildman–Crippen MR) is 101 cm³/mol. The molecule has 0 heterocycles. The van der Waals surface area contributed by atoms with Crippen LogP contribution >= 0.6 is 0 Å². The van der Waals surface area contributed by atoms with E-state index in [0.717, 1.165) is 0 Å². The van der Waals surface area contributed by atoms with E-state index >= 15 is 0 Å². The molecule has 4 aromatic rings. The maximum absolute atomic E-state index is 2.31. The largest absolute Gasteiger partial charge is 0.0616 e. The molecule has 0 heteroatoms. The van der Waals surface area contributed by atoms with Gasteiger partial charge in [0.15, 0.2) is 0 Å². The fourth-order valence-electron chi connectivity index (χ4n) is 3.27. The molecular weight excluding hydrogens is 276 g/mol. The van der Waals surface area contributed by atoms with Crippen LogP contribution in [-0.4, -0.2) is 0 Å². The van der Waals surface area contributed by atoms with Crippen molar-refractivity contribution >= 4 is 21.5 Å². The van der Waals surface area contributed by atoms with E-state index in [1.807, 2.05) is 0 Å². The van der Waals surface area contributed by atoms with Gasteiger partial charge < -0.3 is 0 Å². The van der Waals surface area contributed by atoms with Crippen LogP contribution in [0.1, 0.15) is 25.3 Å². The number of fused-ring (bicyclic) bond motifs is 2. The van der Waals surface area contributed by atoms with Gasteiger partial charge in [-0.2, -0.15) is 0 Å². The number of rotatable bonds is 2. The highest BCUT2D eigenvalue weighted by Crippen LogP contribution is 2.31. The molecule has 0 radical (unpaired) electrons. The molecule has 0 fully saturated rings. The number of hydrogen-bond donors (Lipinski definition) is 0. The van der Waals surface area contributed by atoms with Crippen LogP contribution in [0.4, 0.5) is 0 Å². The van der Waals surface area contributed by atoms with E-state index in [-0.39, 0.29) is 0 Å². The monoisotopic (exact) mass is 296 g/mol. The van der Waals surface area contributed by atoms with Gasteiger partial charge in [-0.15, -0.1) is 0 Å². The molecule has 0 spiro atoms. The molecule has 0 aliphatic rings. The maximum Gasteiger partial charge on any atom is -0.0105 e. The van der Waals surface area contributed by atoms with E-state index in [1.165, 1.54) is 38.2 Å². The Balaban J connectivity index is 1.90. The highest BCUT2D eigenvalue weighted by molar-refractivity contribution is 5.99. The lowest BCUT2D eigenvalue weighted by Crippen LogP contribution is -1.87. The second-order valence-corrected chi connectivity index (χ2v) is 6.50. The molecule has 0 saturated carbocycles. The second-order valence-electron chi connectivity index (χ2n) is 6.50. The first-order valence-corrected chi connectivity index (χ1v) is 8.24. The van der Waals surface area contributed by atoms with E-state index in [4.69, 9.17) is 0 Å². The minimum absolute atomic E-state index is 0.567. The molecule has 4 rings (SSSR count). The fourth-order valence-corrected chi connectivity index (χ4v) is 3.27. The SMILES string of the molecule is CC(C)c1ccc2cc(-c3cccc4ccccc34)ccc2c1. The van der Waals surface area contributed by atoms with Gasteiger partial charge in [-0.25, -0.2) is 0 Å². The summed E-state index contributed by atoms with van der Waals surface area (Å²) in [6, 6.07) is 28.7. The first-order chi connectivity index (χ1) is 11.2. The van der Waals surface area contributed by atoms with Gasteiger partial charge in [0.25, 0.3) is 0 Å². The van der Waals surface area contributed by atoms with Crippen LogP contribution < -0.4 is 0 Å². The van der Waals surface area contributed by atoms with Crippen LogP contribution in [-0.2, 0) is 0 Å². The van der Waals surface area contributed by atoms with E-state index in [2.05, 4.69) is 92.7 Å². The van der Waals surface area contributed by atoms with E-state index < -0.39 is 0 Å². The molecule has 0 amide bonds. The van der Waals surface area contributed by atoms with Gasteiger partial charge in [0.05, 0.1) is 0 Å². The summed E-state index contributed by atoms with van der Waals surface area (Å²) in [5.74, 6) is 0.567. The smallest absolute Gasteiger partial charge is 0.0105 e. The van der Waals surface area contributed by atoms with Crippen LogP contribution in [0.15, 0.2) is 78.9 Å². The Morgan fingerprint density at radius 2 is 1.35 bits per heavy atom. The van der Waals surface area contributed by atoms with Crippen LogP contribution in [0, 0.1) is 0 Å². The van der Waals surface area contributed by atoms with Crippen molar-refractivity contribution in [3.8, 4) is 11.1 Å². The fraction of sp³-hybridized carbons (Fsp3) is 0.130. The molecule has 0 atom stereocenters. The van der Waals surface area contributed by atoms with E-state index in [1.54, 1.807) is 0 Å². The Kier molecular flexibility index (Phi) is 3.38. The van der Waals surface area contributed by atoms with Gasteiger partial charge in [0.1, 0.15) is 0 Å². The first-order valence-electron chi connectivity index (χ1n) is 8.24. The van der Waals surface area contributed by atoms with Crippen molar-refractivity contribution in [3.63, 3.8) is 0 Å². The Morgan fingerprint density at radius 1 is 0.609 bits per heavy atom. The van der Waals surface area contributed by atoms with Crippen molar-refractivity contribution in [2.75, 3.05) is 0 Å². The normalized spacial score (nSPS) is 11.4. The molecule has 112 valence electrons. The second kappa shape index (κ2) is 5.55. The summed E-state index contributed by atoms with van der Waals surface area (Å²) in [5, 5.41) is 5.23. The van der Waals surface area contributed by atoms with Crippen molar-refractivity contribution in [2.24, 2.45) is 0 Å². The Bertz CT molecular complexity index is 988. The average molecular weight is 296 g/mol. The first kappa shape index (κ1) is 14.0. The summed E-state index contributed by atoms with van der Waals surface area (Å²) >= 11 is 0. The highest BCUT2D eigenvalue weighted by Gasteiger charge is 2.06. The highest BCUT2D eigenvalue weighted by atomic mass is 14.1. The summed E-state index contributed by atoms with van der Waals surface area (Å²) in [7, 11) is 0. The van der Waals surface area contributed by atoms with Gasteiger partial charge in [0, 0.05) is 0 Å². The van der Waals surface area contributed by atoms with Crippen molar-refractivity contribution in [3.05, 3.63) is 84.4 Å². The van der Waals surface area contributed by atoms with Crippen LogP contribution in [0.2, 0.25) is 0 Å². The zero-order valence-electron chi connectivity index (χ0n) is 13.6. The third-order valence-corrected chi connectivity index (χ3v) is 4.63. The topological polar surface area (TPSA) is 0 Å². The minimum Gasteiger partial charge on any atom is -0.0616 e. The van der Waals surface area contributed by atoms with E-state index in [9.17, 15) is 0 Å². The molecule has 0 nitrogen and oxygen atoms in total. The third-order valence-electron chi connectivity index (χ3n) is 4.63. The lowest BCUT2D eigenvalue weighted by atomic mass is 9.94. The summed E-state index contributed by atoms with van der Waals surface area (Å²) < 4.78 is 0. The Labute approximate surface area is 137 Å². The van der Waals surface area contributed by atoms with Crippen molar-refractivity contribution in [1.29, 1.82) is 0 Å². The summed E-state index contributed by atoms with van der Waals surface area (Å²) in [4.78, 5) is 0.